The van der Waals surface area contributed by atoms with Gasteiger partial charge in [0, 0.05) is 42.8 Å². The molecule has 2 unspecified atom stereocenters. The summed E-state index contributed by atoms with van der Waals surface area (Å²) in [6.07, 6.45) is 1.28. The van der Waals surface area contributed by atoms with Crippen LogP contribution in [0.15, 0.2) is 59.2 Å². The van der Waals surface area contributed by atoms with E-state index in [0.717, 1.165) is 5.56 Å². The number of carboxylic acids is 1. The number of carbonyl (C=O) groups excluding carboxylic acids is 1. The van der Waals surface area contributed by atoms with Crippen molar-refractivity contribution < 1.29 is 33.0 Å². The van der Waals surface area contributed by atoms with Gasteiger partial charge in [-0.2, -0.15) is 0 Å². The van der Waals surface area contributed by atoms with Gasteiger partial charge in [0.25, 0.3) is 5.91 Å². The molecule has 1 saturated heterocycles. The number of furan rings is 1. The molecule has 0 aliphatic carbocycles. The molecule has 1 aliphatic rings. The molecule has 1 aliphatic heterocycles. The number of halogens is 2. The minimum Gasteiger partial charge on any atom is -0.482 e. The van der Waals surface area contributed by atoms with Crippen LogP contribution in [0.5, 0.6) is 11.5 Å². The summed E-state index contributed by atoms with van der Waals surface area (Å²) in [7, 11) is 0. The van der Waals surface area contributed by atoms with Crippen molar-refractivity contribution in [2.75, 3.05) is 19.7 Å². The number of nitrogens with zero attached hydrogens (tertiary/aromatic N) is 2. The van der Waals surface area contributed by atoms with Crippen molar-refractivity contribution in [2.45, 2.75) is 39.1 Å². The Morgan fingerprint density at radius 2 is 1.81 bits per heavy atom. The van der Waals surface area contributed by atoms with E-state index >= 15 is 0 Å². The minimum absolute atomic E-state index is 0.00125. The summed E-state index contributed by atoms with van der Waals surface area (Å²) in [6, 6.07) is 12.6. The van der Waals surface area contributed by atoms with Crippen LogP contribution in [0.25, 0.3) is 0 Å². The number of rotatable bonds is 9. The number of amides is 1. The zero-order chi connectivity index (χ0) is 26.5. The molecule has 3 aromatic rings. The highest BCUT2D eigenvalue weighted by molar-refractivity contribution is 6.30. The first-order chi connectivity index (χ1) is 17.7. The van der Waals surface area contributed by atoms with Crippen LogP contribution in [0.2, 0.25) is 5.02 Å². The fourth-order valence-electron chi connectivity index (χ4n) is 4.31. The summed E-state index contributed by atoms with van der Waals surface area (Å²) in [6.45, 7) is 5.58. The third-order valence-corrected chi connectivity index (χ3v) is 6.56. The normalized spacial score (nSPS) is 18.0. The van der Waals surface area contributed by atoms with Crippen molar-refractivity contribution in [1.29, 1.82) is 0 Å². The maximum absolute atomic E-state index is 13.2. The molecule has 0 bridgehead atoms. The van der Waals surface area contributed by atoms with Crippen LogP contribution in [0.3, 0.4) is 0 Å². The van der Waals surface area contributed by atoms with Crippen LogP contribution in [-0.2, 0) is 17.9 Å². The molecule has 1 N–H and O–H groups in total. The van der Waals surface area contributed by atoms with Crippen molar-refractivity contribution in [3.8, 4) is 11.5 Å². The van der Waals surface area contributed by atoms with Crippen LogP contribution >= 0.6 is 11.6 Å². The van der Waals surface area contributed by atoms with Gasteiger partial charge in [0.1, 0.15) is 18.0 Å². The average molecular weight is 531 g/mol. The summed E-state index contributed by atoms with van der Waals surface area (Å²) in [5.41, 5.74) is 1.02. The lowest BCUT2D eigenvalue weighted by atomic mass is 10.1. The van der Waals surface area contributed by atoms with E-state index in [9.17, 15) is 19.1 Å². The van der Waals surface area contributed by atoms with Crippen LogP contribution in [0.4, 0.5) is 4.39 Å². The van der Waals surface area contributed by atoms with E-state index < -0.39 is 5.97 Å². The molecule has 2 atom stereocenters. The van der Waals surface area contributed by atoms with Gasteiger partial charge in [-0.1, -0.05) is 23.7 Å². The molecular weight excluding hydrogens is 503 g/mol. The number of aromatic carboxylic acids is 1. The Morgan fingerprint density at radius 3 is 2.54 bits per heavy atom. The third-order valence-electron chi connectivity index (χ3n) is 6.33. The fourth-order valence-corrected chi connectivity index (χ4v) is 4.47. The van der Waals surface area contributed by atoms with Gasteiger partial charge >= 0.3 is 5.97 Å². The molecule has 2 aromatic carbocycles. The Morgan fingerprint density at radius 1 is 1.05 bits per heavy atom. The summed E-state index contributed by atoms with van der Waals surface area (Å²) in [5, 5.41) is 9.63. The summed E-state index contributed by atoms with van der Waals surface area (Å²) < 4.78 is 30.0. The number of hydrogen-bond acceptors (Lipinski definition) is 6. The second-order valence-corrected chi connectivity index (χ2v) is 9.47. The van der Waals surface area contributed by atoms with E-state index in [1.807, 2.05) is 6.92 Å². The van der Waals surface area contributed by atoms with E-state index in [0.29, 0.717) is 30.4 Å². The van der Waals surface area contributed by atoms with Crippen molar-refractivity contribution in [3.63, 3.8) is 0 Å². The number of ether oxygens (including phenoxy) is 2. The topological polar surface area (TPSA) is 92.5 Å². The zero-order valence-corrected chi connectivity index (χ0v) is 21.3. The first-order valence-electron chi connectivity index (χ1n) is 11.8. The molecule has 0 spiro atoms. The highest BCUT2D eigenvalue weighted by Gasteiger charge is 2.32. The Bertz CT molecular complexity index is 1250. The molecule has 2 heterocycles. The fraction of sp³-hybridized carbons (Fsp3) is 0.333. The van der Waals surface area contributed by atoms with E-state index in [-0.39, 0.29) is 54.1 Å². The van der Waals surface area contributed by atoms with Gasteiger partial charge in [0.05, 0.1) is 6.26 Å². The lowest BCUT2D eigenvalue weighted by molar-refractivity contribution is -0.139. The van der Waals surface area contributed by atoms with Crippen LogP contribution < -0.4 is 9.47 Å². The van der Waals surface area contributed by atoms with Crippen molar-refractivity contribution >= 4 is 23.5 Å². The van der Waals surface area contributed by atoms with Crippen LogP contribution in [0, 0.1) is 5.82 Å². The number of carbonyl (C=O) groups is 2. The van der Waals surface area contributed by atoms with Gasteiger partial charge in [0.15, 0.2) is 23.9 Å². The second kappa shape index (κ2) is 11.7. The molecule has 8 nitrogen and oxygen atoms in total. The number of piperazine rings is 1. The van der Waals surface area contributed by atoms with Gasteiger partial charge < -0.3 is 23.9 Å². The summed E-state index contributed by atoms with van der Waals surface area (Å²) >= 11 is 6.11. The zero-order valence-electron chi connectivity index (χ0n) is 20.5. The second-order valence-electron chi connectivity index (χ2n) is 9.03. The highest BCUT2D eigenvalue weighted by atomic mass is 35.5. The van der Waals surface area contributed by atoms with Crippen molar-refractivity contribution in [3.05, 3.63) is 82.5 Å². The number of carboxylic acid groups (broad SMARTS) is 1. The van der Waals surface area contributed by atoms with Crippen LogP contribution in [-0.4, -0.2) is 58.6 Å². The van der Waals surface area contributed by atoms with E-state index in [4.69, 9.17) is 25.5 Å². The third kappa shape index (κ3) is 6.61. The molecule has 37 heavy (non-hydrogen) atoms. The lowest BCUT2D eigenvalue weighted by Crippen LogP contribution is -2.58. The molecule has 0 radical (unpaired) electrons. The highest BCUT2D eigenvalue weighted by Crippen LogP contribution is 2.32. The summed E-state index contributed by atoms with van der Waals surface area (Å²) in [4.78, 5) is 28.4. The Labute approximate surface area is 219 Å². The predicted molar refractivity (Wildman–Crippen MR) is 134 cm³/mol. The van der Waals surface area contributed by atoms with E-state index in [1.54, 1.807) is 29.2 Å². The molecule has 1 fully saturated rings. The molecule has 1 aromatic heterocycles. The quantitative estimate of drug-likeness (QED) is 0.423. The molecule has 10 heteroatoms. The smallest absolute Gasteiger partial charge is 0.339 e. The standard InChI is InChI=1S/C27H28ClFN2O6/c1-17-13-31(18(2)12-30(17)14-19-3-6-21(29)7-4-19)26(32)16-37-23-8-5-20(28)11-24(23)36-15-25-22(27(33)34)9-10-35-25/h3-11,17-18H,12-16H2,1-2H3,(H,33,34). The Hall–Kier alpha value is -3.56. The van der Waals surface area contributed by atoms with Gasteiger partial charge in [-0.25, -0.2) is 9.18 Å². The average Bonchev–Trinajstić information content (AvgIpc) is 3.34. The van der Waals surface area contributed by atoms with E-state index in [1.165, 1.54) is 30.5 Å². The van der Waals surface area contributed by atoms with Crippen molar-refractivity contribution in [1.82, 2.24) is 9.80 Å². The van der Waals surface area contributed by atoms with Gasteiger partial charge in [0.2, 0.25) is 0 Å². The van der Waals surface area contributed by atoms with Gasteiger partial charge in [-0.05, 0) is 49.7 Å². The molecule has 4 rings (SSSR count). The largest absolute Gasteiger partial charge is 0.482 e. The lowest BCUT2D eigenvalue weighted by Gasteiger charge is -2.44. The Balaban J connectivity index is 1.35. The maximum atomic E-state index is 13.2. The predicted octanol–water partition coefficient (Wildman–Crippen LogP) is 4.85. The summed E-state index contributed by atoms with van der Waals surface area (Å²) in [5.74, 6) is -0.838. The Kier molecular flexibility index (Phi) is 8.35. The maximum Gasteiger partial charge on any atom is 0.339 e. The van der Waals surface area contributed by atoms with Crippen molar-refractivity contribution in [2.24, 2.45) is 0 Å². The first-order valence-corrected chi connectivity index (χ1v) is 12.2. The SMILES string of the molecule is CC1CN(C(=O)COc2ccc(Cl)cc2OCc2occc2C(=O)O)C(C)CN1Cc1ccc(F)cc1. The minimum atomic E-state index is -1.12. The number of hydrogen-bond donors (Lipinski definition) is 1. The first kappa shape index (κ1) is 26.5. The van der Waals surface area contributed by atoms with E-state index in [2.05, 4.69) is 11.8 Å². The van der Waals surface area contributed by atoms with Gasteiger partial charge in [-0.3, -0.25) is 9.69 Å². The molecule has 196 valence electrons. The molecular formula is C27H28ClFN2O6. The number of benzene rings is 2. The molecule has 0 saturated carbocycles. The molecule has 1 amide bonds. The van der Waals surface area contributed by atoms with Gasteiger partial charge in [-0.15, -0.1) is 0 Å². The van der Waals surface area contributed by atoms with Crippen LogP contribution in [0.1, 0.15) is 35.5 Å². The monoisotopic (exact) mass is 530 g/mol.